The monoisotopic (exact) mass is 271 g/mol. The SMILES string of the molecule is CCCn1nccc1C(NC)C1CCS(=O)(=O)C1. The van der Waals surface area contributed by atoms with E-state index >= 15 is 0 Å². The van der Waals surface area contributed by atoms with Crippen molar-refractivity contribution in [1.29, 1.82) is 0 Å². The average Bonchev–Trinajstić information content (AvgIpc) is 2.89. The van der Waals surface area contributed by atoms with E-state index in [1.165, 1.54) is 0 Å². The van der Waals surface area contributed by atoms with Crippen molar-refractivity contribution in [2.75, 3.05) is 18.6 Å². The summed E-state index contributed by atoms with van der Waals surface area (Å²) in [4.78, 5) is 0. The van der Waals surface area contributed by atoms with Crippen LogP contribution in [-0.4, -0.2) is 36.8 Å². The molecule has 1 fully saturated rings. The van der Waals surface area contributed by atoms with E-state index in [1.807, 2.05) is 17.8 Å². The minimum Gasteiger partial charge on any atom is -0.311 e. The summed E-state index contributed by atoms with van der Waals surface area (Å²) in [5.41, 5.74) is 1.10. The largest absolute Gasteiger partial charge is 0.311 e. The molecule has 0 saturated carbocycles. The van der Waals surface area contributed by atoms with E-state index in [0.717, 1.165) is 25.1 Å². The second-order valence-corrected chi connectivity index (χ2v) is 7.14. The van der Waals surface area contributed by atoms with Gasteiger partial charge in [0, 0.05) is 12.7 Å². The lowest BCUT2D eigenvalue weighted by Crippen LogP contribution is -2.28. The highest BCUT2D eigenvalue weighted by Crippen LogP contribution is 2.31. The molecule has 0 amide bonds. The summed E-state index contributed by atoms with van der Waals surface area (Å²) in [5, 5.41) is 7.57. The molecule has 2 heterocycles. The number of hydrogen-bond acceptors (Lipinski definition) is 4. The Morgan fingerprint density at radius 2 is 2.39 bits per heavy atom. The van der Waals surface area contributed by atoms with Gasteiger partial charge in [-0.3, -0.25) is 4.68 Å². The smallest absolute Gasteiger partial charge is 0.150 e. The molecule has 1 aliphatic rings. The molecule has 2 unspecified atom stereocenters. The van der Waals surface area contributed by atoms with Crippen LogP contribution in [0.2, 0.25) is 0 Å². The van der Waals surface area contributed by atoms with Crippen molar-refractivity contribution in [2.45, 2.75) is 32.4 Å². The Kier molecular flexibility index (Phi) is 4.07. The van der Waals surface area contributed by atoms with E-state index < -0.39 is 9.84 Å². The van der Waals surface area contributed by atoms with Crippen LogP contribution < -0.4 is 5.32 Å². The van der Waals surface area contributed by atoms with Crippen LogP contribution in [0.1, 0.15) is 31.5 Å². The van der Waals surface area contributed by atoms with Crippen LogP contribution in [0.3, 0.4) is 0 Å². The first-order valence-corrected chi connectivity index (χ1v) is 8.29. The topological polar surface area (TPSA) is 64.0 Å². The highest BCUT2D eigenvalue weighted by atomic mass is 32.2. The Morgan fingerprint density at radius 1 is 1.61 bits per heavy atom. The lowest BCUT2D eigenvalue weighted by atomic mass is 9.96. The van der Waals surface area contributed by atoms with Gasteiger partial charge in [-0.15, -0.1) is 0 Å². The van der Waals surface area contributed by atoms with E-state index in [1.54, 1.807) is 6.20 Å². The quantitative estimate of drug-likeness (QED) is 0.867. The van der Waals surface area contributed by atoms with Crippen molar-refractivity contribution in [2.24, 2.45) is 5.92 Å². The van der Waals surface area contributed by atoms with Gasteiger partial charge in [0.2, 0.25) is 0 Å². The molecule has 0 aliphatic carbocycles. The molecule has 6 heteroatoms. The summed E-state index contributed by atoms with van der Waals surface area (Å²) >= 11 is 0. The van der Waals surface area contributed by atoms with Crippen molar-refractivity contribution in [3.63, 3.8) is 0 Å². The molecule has 1 aromatic heterocycles. The molecule has 0 spiro atoms. The summed E-state index contributed by atoms with van der Waals surface area (Å²) in [6.45, 7) is 2.99. The van der Waals surface area contributed by atoms with Crippen molar-refractivity contribution in [1.82, 2.24) is 15.1 Å². The molecule has 2 rings (SSSR count). The van der Waals surface area contributed by atoms with Gasteiger partial charge in [-0.25, -0.2) is 8.42 Å². The molecule has 102 valence electrons. The van der Waals surface area contributed by atoms with Crippen LogP contribution in [0, 0.1) is 5.92 Å². The highest BCUT2D eigenvalue weighted by Gasteiger charge is 2.34. The minimum atomic E-state index is -2.84. The maximum atomic E-state index is 11.6. The summed E-state index contributed by atoms with van der Waals surface area (Å²) in [7, 11) is -0.949. The van der Waals surface area contributed by atoms with E-state index in [-0.39, 0.29) is 17.7 Å². The lowest BCUT2D eigenvalue weighted by molar-refractivity contribution is 0.386. The number of hydrogen-bond donors (Lipinski definition) is 1. The fourth-order valence-corrected chi connectivity index (χ4v) is 4.56. The summed E-state index contributed by atoms with van der Waals surface area (Å²) in [6.07, 6.45) is 3.55. The third-order valence-electron chi connectivity index (χ3n) is 3.55. The molecule has 0 bridgehead atoms. The summed E-state index contributed by atoms with van der Waals surface area (Å²) in [5.74, 6) is 0.764. The Morgan fingerprint density at radius 3 is 2.94 bits per heavy atom. The number of nitrogens with one attached hydrogen (secondary N) is 1. The Balaban J connectivity index is 2.20. The van der Waals surface area contributed by atoms with E-state index in [2.05, 4.69) is 17.3 Å². The van der Waals surface area contributed by atoms with Crippen molar-refractivity contribution in [3.8, 4) is 0 Å². The van der Waals surface area contributed by atoms with Gasteiger partial charge in [-0.1, -0.05) is 6.92 Å². The average molecular weight is 271 g/mol. The van der Waals surface area contributed by atoms with Crippen LogP contribution in [0.4, 0.5) is 0 Å². The first-order chi connectivity index (χ1) is 8.57. The number of aryl methyl sites for hydroxylation is 1. The third-order valence-corrected chi connectivity index (χ3v) is 5.35. The summed E-state index contributed by atoms with van der Waals surface area (Å²) < 4.78 is 25.2. The maximum absolute atomic E-state index is 11.6. The van der Waals surface area contributed by atoms with Crippen LogP contribution in [0.25, 0.3) is 0 Å². The molecule has 1 saturated heterocycles. The molecular weight excluding hydrogens is 250 g/mol. The molecule has 2 atom stereocenters. The van der Waals surface area contributed by atoms with Gasteiger partial charge < -0.3 is 5.32 Å². The van der Waals surface area contributed by atoms with Gasteiger partial charge in [0.05, 0.1) is 23.2 Å². The normalized spacial score (nSPS) is 24.2. The Labute approximate surface area is 108 Å². The van der Waals surface area contributed by atoms with Crippen molar-refractivity contribution >= 4 is 9.84 Å². The molecule has 0 aromatic carbocycles. The van der Waals surface area contributed by atoms with Crippen LogP contribution >= 0.6 is 0 Å². The zero-order valence-electron chi connectivity index (χ0n) is 11.0. The molecule has 1 aromatic rings. The minimum absolute atomic E-state index is 0.0799. The van der Waals surface area contributed by atoms with E-state index in [4.69, 9.17) is 0 Å². The third kappa shape index (κ3) is 2.75. The van der Waals surface area contributed by atoms with Crippen LogP contribution in [0.5, 0.6) is 0 Å². The molecule has 0 radical (unpaired) electrons. The van der Waals surface area contributed by atoms with Gasteiger partial charge in [-0.05, 0) is 31.9 Å². The van der Waals surface area contributed by atoms with Gasteiger partial charge in [0.25, 0.3) is 0 Å². The first-order valence-electron chi connectivity index (χ1n) is 6.47. The number of sulfone groups is 1. The predicted molar refractivity (Wildman–Crippen MR) is 71.1 cm³/mol. The second kappa shape index (κ2) is 5.40. The van der Waals surface area contributed by atoms with Crippen molar-refractivity contribution < 1.29 is 8.42 Å². The molecule has 1 N–H and O–H groups in total. The maximum Gasteiger partial charge on any atom is 0.150 e. The van der Waals surface area contributed by atoms with Gasteiger partial charge >= 0.3 is 0 Å². The molecule has 5 nitrogen and oxygen atoms in total. The fourth-order valence-electron chi connectivity index (χ4n) is 2.72. The standard InChI is InChI=1S/C12H21N3O2S/c1-3-7-15-11(4-6-14-15)12(13-2)10-5-8-18(16,17)9-10/h4,6,10,12-13H,3,5,7-9H2,1-2H3. The van der Waals surface area contributed by atoms with E-state index in [0.29, 0.717) is 5.75 Å². The van der Waals surface area contributed by atoms with Crippen LogP contribution in [-0.2, 0) is 16.4 Å². The second-order valence-electron chi connectivity index (χ2n) is 4.91. The van der Waals surface area contributed by atoms with Gasteiger partial charge in [0.1, 0.15) is 0 Å². The van der Waals surface area contributed by atoms with Gasteiger partial charge in [-0.2, -0.15) is 5.10 Å². The number of rotatable bonds is 5. The zero-order valence-corrected chi connectivity index (χ0v) is 11.8. The van der Waals surface area contributed by atoms with Gasteiger partial charge in [0.15, 0.2) is 9.84 Å². The lowest BCUT2D eigenvalue weighted by Gasteiger charge is -2.23. The Bertz CT molecular complexity index is 495. The molecule has 1 aliphatic heterocycles. The van der Waals surface area contributed by atoms with E-state index in [9.17, 15) is 8.42 Å². The number of nitrogens with zero attached hydrogens (tertiary/aromatic N) is 2. The predicted octanol–water partition coefficient (Wildman–Crippen LogP) is 0.988. The van der Waals surface area contributed by atoms with Crippen molar-refractivity contribution in [3.05, 3.63) is 18.0 Å². The first kappa shape index (κ1) is 13.5. The molecular formula is C12H21N3O2S. The fraction of sp³-hybridized carbons (Fsp3) is 0.750. The zero-order chi connectivity index (χ0) is 13.2. The summed E-state index contributed by atoms with van der Waals surface area (Å²) in [6, 6.07) is 2.07. The number of aromatic nitrogens is 2. The Hall–Kier alpha value is -0.880. The molecule has 18 heavy (non-hydrogen) atoms. The highest BCUT2D eigenvalue weighted by molar-refractivity contribution is 7.91. The van der Waals surface area contributed by atoms with Crippen LogP contribution in [0.15, 0.2) is 12.3 Å².